The molecule has 0 aliphatic heterocycles. The molecule has 0 radical (unpaired) electrons. The minimum atomic E-state index is 0.579. The summed E-state index contributed by atoms with van der Waals surface area (Å²) in [7, 11) is 0. The number of allylic oxidation sites excluding steroid dienone is 4. The Morgan fingerprint density at radius 3 is 2.53 bits per heavy atom. The van der Waals surface area contributed by atoms with Crippen LogP contribution < -0.4 is 5.73 Å². The second kappa shape index (κ2) is 7.64. The molecule has 17 heavy (non-hydrogen) atoms. The summed E-state index contributed by atoms with van der Waals surface area (Å²) in [6.07, 6.45) is 8.03. The Bertz CT molecular complexity index is 399. The molecular formula is C16H21N. The highest BCUT2D eigenvalue weighted by molar-refractivity contribution is 5.67. The quantitative estimate of drug-likeness (QED) is 0.732. The van der Waals surface area contributed by atoms with Gasteiger partial charge in [-0.15, -0.1) is 0 Å². The van der Waals surface area contributed by atoms with Crippen LogP contribution in [0, 0.1) is 0 Å². The molecule has 0 atom stereocenters. The van der Waals surface area contributed by atoms with E-state index >= 15 is 0 Å². The molecule has 0 heterocycles. The number of rotatable bonds is 6. The largest absolute Gasteiger partial charge is 0.327 e. The first-order valence-corrected chi connectivity index (χ1v) is 6.06. The van der Waals surface area contributed by atoms with E-state index in [2.05, 4.69) is 49.9 Å². The molecule has 0 amide bonds. The summed E-state index contributed by atoms with van der Waals surface area (Å²) in [5, 5.41) is 0. The molecule has 0 saturated carbocycles. The molecule has 0 aliphatic rings. The van der Waals surface area contributed by atoms with Crippen molar-refractivity contribution in [3.05, 3.63) is 66.3 Å². The van der Waals surface area contributed by atoms with E-state index < -0.39 is 0 Å². The molecule has 0 aromatic heterocycles. The van der Waals surface area contributed by atoms with E-state index in [1.165, 1.54) is 16.7 Å². The highest BCUT2D eigenvalue weighted by Gasteiger charge is 2.03. The van der Waals surface area contributed by atoms with Crippen LogP contribution >= 0.6 is 0 Å². The van der Waals surface area contributed by atoms with Crippen molar-refractivity contribution in [3.63, 3.8) is 0 Å². The maximum atomic E-state index is 5.64. The zero-order valence-corrected chi connectivity index (χ0v) is 10.5. The van der Waals surface area contributed by atoms with Gasteiger partial charge in [0.1, 0.15) is 0 Å². The Balaban J connectivity index is 2.92. The Hall–Kier alpha value is -1.60. The average molecular weight is 227 g/mol. The molecule has 1 aromatic rings. The fraction of sp³-hybridized carbons (Fsp3) is 0.250. The van der Waals surface area contributed by atoms with E-state index in [1.807, 2.05) is 12.1 Å². The standard InChI is InChI=1S/C16H21N/c1-3-8-14(4-2)13-16(11-12-17)15-9-6-5-7-10-15/h3,5-11H,1,4,12-13,17H2,2H3/b14-8-,16-11+. The van der Waals surface area contributed by atoms with Gasteiger partial charge in [-0.3, -0.25) is 0 Å². The average Bonchev–Trinajstić information content (AvgIpc) is 2.38. The van der Waals surface area contributed by atoms with Crippen molar-refractivity contribution in [1.29, 1.82) is 0 Å². The van der Waals surface area contributed by atoms with Gasteiger partial charge in [0.05, 0.1) is 0 Å². The van der Waals surface area contributed by atoms with Gasteiger partial charge in [-0.1, -0.05) is 67.6 Å². The summed E-state index contributed by atoms with van der Waals surface area (Å²) in [6, 6.07) is 10.4. The topological polar surface area (TPSA) is 26.0 Å². The van der Waals surface area contributed by atoms with Gasteiger partial charge < -0.3 is 5.73 Å². The maximum Gasteiger partial charge on any atom is 0.0112 e. The van der Waals surface area contributed by atoms with Gasteiger partial charge in [0.15, 0.2) is 0 Å². The lowest BCUT2D eigenvalue weighted by molar-refractivity contribution is 1.04. The second-order valence-electron chi connectivity index (χ2n) is 3.92. The Morgan fingerprint density at radius 2 is 2.00 bits per heavy atom. The number of hydrogen-bond acceptors (Lipinski definition) is 1. The van der Waals surface area contributed by atoms with Crippen LogP contribution in [0.15, 0.2) is 60.7 Å². The van der Waals surface area contributed by atoms with E-state index in [0.29, 0.717) is 6.54 Å². The van der Waals surface area contributed by atoms with Gasteiger partial charge in [-0.25, -0.2) is 0 Å². The minimum Gasteiger partial charge on any atom is -0.327 e. The Labute approximate surface area is 104 Å². The highest BCUT2D eigenvalue weighted by atomic mass is 14.5. The van der Waals surface area contributed by atoms with Gasteiger partial charge in [-0.05, 0) is 24.0 Å². The van der Waals surface area contributed by atoms with E-state index in [4.69, 9.17) is 5.73 Å². The fourth-order valence-electron chi connectivity index (χ4n) is 1.80. The van der Waals surface area contributed by atoms with Crippen LogP contribution in [0.3, 0.4) is 0 Å². The molecule has 1 nitrogen and oxygen atoms in total. The van der Waals surface area contributed by atoms with Crippen molar-refractivity contribution in [3.8, 4) is 0 Å². The molecule has 90 valence electrons. The van der Waals surface area contributed by atoms with Crippen molar-refractivity contribution in [2.75, 3.05) is 6.54 Å². The van der Waals surface area contributed by atoms with Crippen molar-refractivity contribution in [1.82, 2.24) is 0 Å². The smallest absolute Gasteiger partial charge is 0.0112 e. The lowest BCUT2D eigenvalue weighted by atomic mass is 9.96. The van der Waals surface area contributed by atoms with Crippen LogP contribution in [0.4, 0.5) is 0 Å². The van der Waals surface area contributed by atoms with Crippen molar-refractivity contribution in [2.24, 2.45) is 5.73 Å². The molecule has 0 bridgehead atoms. The first kappa shape index (κ1) is 13.5. The van der Waals surface area contributed by atoms with Crippen LogP contribution in [0.25, 0.3) is 5.57 Å². The van der Waals surface area contributed by atoms with E-state index in [-0.39, 0.29) is 0 Å². The molecule has 0 fully saturated rings. The summed E-state index contributed by atoms with van der Waals surface area (Å²) >= 11 is 0. The molecule has 1 heteroatoms. The molecule has 2 N–H and O–H groups in total. The van der Waals surface area contributed by atoms with Crippen LogP contribution in [0.1, 0.15) is 25.3 Å². The van der Waals surface area contributed by atoms with Crippen LogP contribution in [-0.2, 0) is 0 Å². The zero-order chi connectivity index (χ0) is 12.5. The molecule has 0 unspecified atom stereocenters. The summed E-state index contributed by atoms with van der Waals surface area (Å²) in [6.45, 7) is 6.50. The molecular weight excluding hydrogens is 206 g/mol. The Kier molecular flexibility index (Phi) is 6.05. The molecule has 1 rings (SSSR count). The number of benzene rings is 1. The summed E-state index contributed by atoms with van der Waals surface area (Å²) in [5.41, 5.74) is 9.57. The van der Waals surface area contributed by atoms with Crippen molar-refractivity contribution in [2.45, 2.75) is 19.8 Å². The number of nitrogens with two attached hydrogens (primary N) is 1. The molecule has 0 spiro atoms. The minimum absolute atomic E-state index is 0.579. The third-order valence-corrected chi connectivity index (χ3v) is 2.73. The summed E-state index contributed by atoms with van der Waals surface area (Å²) in [5.74, 6) is 0. The fourth-order valence-corrected chi connectivity index (χ4v) is 1.80. The highest BCUT2D eigenvalue weighted by Crippen LogP contribution is 2.23. The first-order valence-electron chi connectivity index (χ1n) is 6.06. The van der Waals surface area contributed by atoms with Gasteiger partial charge in [0.2, 0.25) is 0 Å². The molecule has 1 aromatic carbocycles. The van der Waals surface area contributed by atoms with Gasteiger partial charge in [0.25, 0.3) is 0 Å². The van der Waals surface area contributed by atoms with Crippen LogP contribution in [0.2, 0.25) is 0 Å². The Morgan fingerprint density at radius 1 is 1.29 bits per heavy atom. The maximum absolute atomic E-state index is 5.64. The lowest BCUT2D eigenvalue weighted by Crippen LogP contribution is -1.97. The first-order chi connectivity index (χ1) is 8.31. The van der Waals surface area contributed by atoms with Crippen molar-refractivity contribution < 1.29 is 0 Å². The summed E-state index contributed by atoms with van der Waals surface area (Å²) < 4.78 is 0. The van der Waals surface area contributed by atoms with Gasteiger partial charge in [0, 0.05) is 6.54 Å². The van der Waals surface area contributed by atoms with Crippen molar-refractivity contribution >= 4 is 5.57 Å². The number of hydrogen-bond donors (Lipinski definition) is 1. The third-order valence-electron chi connectivity index (χ3n) is 2.73. The molecule has 0 aliphatic carbocycles. The normalized spacial score (nSPS) is 12.6. The van der Waals surface area contributed by atoms with Gasteiger partial charge in [-0.2, -0.15) is 0 Å². The SMILES string of the molecule is C=C/C=C(/CC)C/C(=C\CN)c1ccccc1. The van der Waals surface area contributed by atoms with E-state index in [9.17, 15) is 0 Å². The predicted octanol–water partition coefficient (Wildman–Crippen LogP) is 3.94. The zero-order valence-electron chi connectivity index (χ0n) is 10.5. The van der Waals surface area contributed by atoms with Gasteiger partial charge >= 0.3 is 0 Å². The lowest BCUT2D eigenvalue weighted by Gasteiger charge is -2.10. The second-order valence-corrected chi connectivity index (χ2v) is 3.92. The third kappa shape index (κ3) is 4.41. The van der Waals surface area contributed by atoms with Crippen LogP contribution in [0.5, 0.6) is 0 Å². The van der Waals surface area contributed by atoms with E-state index in [0.717, 1.165) is 12.8 Å². The molecule has 0 saturated heterocycles. The van der Waals surface area contributed by atoms with Crippen LogP contribution in [-0.4, -0.2) is 6.54 Å². The van der Waals surface area contributed by atoms with E-state index in [1.54, 1.807) is 0 Å². The summed E-state index contributed by atoms with van der Waals surface area (Å²) in [4.78, 5) is 0. The predicted molar refractivity (Wildman–Crippen MR) is 76.7 cm³/mol. The monoisotopic (exact) mass is 227 g/mol.